The molecule has 1 saturated carbocycles. The number of hydrogen-bond donors (Lipinski definition) is 1. The van der Waals surface area contributed by atoms with Crippen molar-refractivity contribution in [2.24, 2.45) is 5.92 Å². The number of fused-ring (bicyclic) bond motifs is 1. The number of hydrogen-bond acceptors (Lipinski definition) is 3. The molecule has 0 bridgehead atoms. The standard InChI is InChI=1S/C18H17BrN2O3/c19-16-8-7-15(24-16)17(22)20-13-6-5-11-2-1-9-21(14(11)10-13)18(23)12-3-4-12/h5-8,10,12H,1-4,9H2,(H,20,22). The van der Waals surface area contributed by atoms with Crippen LogP contribution in [-0.2, 0) is 11.2 Å². The first-order valence-electron chi connectivity index (χ1n) is 8.13. The van der Waals surface area contributed by atoms with E-state index in [9.17, 15) is 9.59 Å². The molecule has 0 unspecified atom stereocenters. The van der Waals surface area contributed by atoms with Crippen LogP contribution in [-0.4, -0.2) is 18.4 Å². The number of carbonyl (C=O) groups is 2. The molecule has 1 fully saturated rings. The van der Waals surface area contributed by atoms with E-state index in [1.165, 1.54) is 0 Å². The Morgan fingerprint density at radius 1 is 1.21 bits per heavy atom. The zero-order chi connectivity index (χ0) is 16.7. The monoisotopic (exact) mass is 388 g/mol. The number of nitrogens with one attached hydrogen (secondary N) is 1. The van der Waals surface area contributed by atoms with Gasteiger partial charge in [-0.3, -0.25) is 9.59 Å². The number of carbonyl (C=O) groups excluding carboxylic acids is 2. The fraction of sp³-hybridized carbons (Fsp3) is 0.333. The molecule has 1 aromatic carbocycles. The largest absolute Gasteiger partial charge is 0.444 e. The SMILES string of the molecule is O=C(Nc1ccc2c(c1)N(C(=O)C1CC1)CCC2)c1ccc(Br)o1. The molecule has 0 spiro atoms. The van der Waals surface area contributed by atoms with Gasteiger partial charge < -0.3 is 14.6 Å². The van der Waals surface area contributed by atoms with E-state index >= 15 is 0 Å². The van der Waals surface area contributed by atoms with Crippen molar-refractivity contribution in [2.45, 2.75) is 25.7 Å². The topological polar surface area (TPSA) is 62.6 Å². The van der Waals surface area contributed by atoms with E-state index in [-0.39, 0.29) is 23.5 Å². The van der Waals surface area contributed by atoms with Gasteiger partial charge in [0.25, 0.3) is 5.91 Å². The van der Waals surface area contributed by atoms with Crippen molar-refractivity contribution in [3.8, 4) is 0 Å². The number of benzene rings is 1. The number of amides is 2. The average Bonchev–Trinajstić information content (AvgIpc) is 3.34. The van der Waals surface area contributed by atoms with Gasteiger partial charge in [0.05, 0.1) is 0 Å². The zero-order valence-electron chi connectivity index (χ0n) is 13.0. The highest BCUT2D eigenvalue weighted by Crippen LogP contribution is 2.37. The van der Waals surface area contributed by atoms with Crippen molar-refractivity contribution >= 4 is 39.1 Å². The first-order chi connectivity index (χ1) is 11.6. The van der Waals surface area contributed by atoms with Crippen molar-refractivity contribution in [3.63, 3.8) is 0 Å². The summed E-state index contributed by atoms with van der Waals surface area (Å²) in [6, 6.07) is 9.05. The lowest BCUT2D eigenvalue weighted by atomic mass is 10.0. The van der Waals surface area contributed by atoms with Gasteiger partial charge in [-0.2, -0.15) is 0 Å². The summed E-state index contributed by atoms with van der Waals surface area (Å²) in [5, 5.41) is 2.83. The van der Waals surface area contributed by atoms with Crippen LogP contribution in [0.1, 0.15) is 35.4 Å². The predicted molar refractivity (Wildman–Crippen MR) is 94.2 cm³/mol. The van der Waals surface area contributed by atoms with Gasteiger partial charge in [0.15, 0.2) is 10.4 Å². The minimum absolute atomic E-state index is 0.190. The fourth-order valence-electron chi connectivity index (χ4n) is 3.06. The van der Waals surface area contributed by atoms with E-state index in [2.05, 4.69) is 21.2 Å². The molecule has 2 amide bonds. The number of halogens is 1. The van der Waals surface area contributed by atoms with Crippen molar-refractivity contribution in [1.29, 1.82) is 0 Å². The van der Waals surface area contributed by atoms with Crippen LogP contribution in [0.3, 0.4) is 0 Å². The number of nitrogens with zero attached hydrogens (tertiary/aromatic N) is 1. The Morgan fingerprint density at radius 3 is 2.75 bits per heavy atom. The summed E-state index contributed by atoms with van der Waals surface area (Å²) in [5.41, 5.74) is 2.76. The van der Waals surface area contributed by atoms with Gasteiger partial charge in [-0.05, 0) is 71.4 Å². The maximum Gasteiger partial charge on any atom is 0.291 e. The molecule has 1 N–H and O–H groups in total. The van der Waals surface area contributed by atoms with Gasteiger partial charge in [0, 0.05) is 23.8 Å². The first kappa shape index (κ1) is 15.4. The maximum absolute atomic E-state index is 12.5. The Hall–Kier alpha value is -2.08. The second-order valence-corrected chi connectivity index (χ2v) is 7.05. The second kappa shape index (κ2) is 6.09. The van der Waals surface area contributed by atoms with E-state index in [0.29, 0.717) is 10.4 Å². The molecular weight excluding hydrogens is 372 g/mol. The average molecular weight is 389 g/mol. The van der Waals surface area contributed by atoms with Gasteiger partial charge in [-0.15, -0.1) is 0 Å². The zero-order valence-corrected chi connectivity index (χ0v) is 14.6. The normalized spacial score (nSPS) is 16.6. The summed E-state index contributed by atoms with van der Waals surface area (Å²) >= 11 is 3.19. The minimum atomic E-state index is -0.309. The van der Waals surface area contributed by atoms with Crippen molar-refractivity contribution < 1.29 is 14.0 Å². The Morgan fingerprint density at radius 2 is 2.04 bits per heavy atom. The molecule has 6 heteroatoms. The lowest BCUT2D eigenvalue weighted by Gasteiger charge is -2.30. The molecule has 2 aliphatic rings. The summed E-state index contributed by atoms with van der Waals surface area (Å²) in [6.45, 7) is 0.755. The van der Waals surface area contributed by atoms with E-state index in [1.54, 1.807) is 12.1 Å². The predicted octanol–water partition coefficient (Wildman–Crippen LogP) is 3.98. The lowest BCUT2D eigenvalue weighted by Crippen LogP contribution is -2.36. The molecule has 124 valence electrons. The summed E-state index contributed by atoms with van der Waals surface area (Å²) in [4.78, 5) is 26.6. The highest BCUT2D eigenvalue weighted by Gasteiger charge is 2.35. The molecule has 0 atom stereocenters. The van der Waals surface area contributed by atoms with Crippen molar-refractivity contribution in [2.75, 3.05) is 16.8 Å². The molecule has 2 heterocycles. The molecular formula is C18H17BrN2O3. The smallest absolute Gasteiger partial charge is 0.291 e. The van der Waals surface area contributed by atoms with Crippen LogP contribution in [0.15, 0.2) is 39.4 Å². The number of anilines is 2. The molecule has 0 radical (unpaired) electrons. The van der Waals surface area contributed by atoms with Crippen LogP contribution in [0.4, 0.5) is 11.4 Å². The van der Waals surface area contributed by atoms with Crippen LogP contribution < -0.4 is 10.2 Å². The number of aryl methyl sites for hydroxylation is 1. The van der Waals surface area contributed by atoms with E-state index < -0.39 is 0 Å². The van der Waals surface area contributed by atoms with Crippen LogP contribution in [0.2, 0.25) is 0 Å². The van der Waals surface area contributed by atoms with Gasteiger partial charge in [-0.25, -0.2) is 0 Å². The Labute approximate surface area is 148 Å². The highest BCUT2D eigenvalue weighted by atomic mass is 79.9. The molecule has 5 nitrogen and oxygen atoms in total. The fourth-order valence-corrected chi connectivity index (χ4v) is 3.37. The Balaban J connectivity index is 1.58. The highest BCUT2D eigenvalue weighted by molar-refractivity contribution is 9.10. The molecule has 4 rings (SSSR count). The van der Waals surface area contributed by atoms with Gasteiger partial charge >= 0.3 is 0 Å². The summed E-state index contributed by atoms with van der Waals surface area (Å²) in [6.07, 6.45) is 3.93. The quantitative estimate of drug-likeness (QED) is 0.864. The molecule has 1 aromatic heterocycles. The molecule has 0 saturated heterocycles. The third-order valence-electron chi connectivity index (χ3n) is 4.45. The molecule has 2 aromatic rings. The van der Waals surface area contributed by atoms with E-state index in [0.717, 1.165) is 43.5 Å². The second-order valence-electron chi connectivity index (χ2n) is 6.27. The summed E-state index contributed by atoms with van der Waals surface area (Å²) in [7, 11) is 0. The van der Waals surface area contributed by atoms with Gasteiger partial charge in [-0.1, -0.05) is 6.07 Å². The van der Waals surface area contributed by atoms with Crippen LogP contribution in [0, 0.1) is 5.92 Å². The summed E-state index contributed by atoms with van der Waals surface area (Å²) in [5.74, 6) is 0.339. The Bertz CT molecular complexity index is 810. The number of rotatable bonds is 3. The lowest BCUT2D eigenvalue weighted by molar-refractivity contribution is -0.119. The third-order valence-corrected chi connectivity index (χ3v) is 4.88. The number of furan rings is 1. The van der Waals surface area contributed by atoms with Crippen molar-refractivity contribution in [1.82, 2.24) is 0 Å². The molecule has 1 aliphatic carbocycles. The Kier molecular flexibility index (Phi) is 3.92. The van der Waals surface area contributed by atoms with Crippen LogP contribution in [0.5, 0.6) is 0 Å². The van der Waals surface area contributed by atoms with E-state index in [4.69, 9.17) is 4.42 Å². The van der Waals surface area contributed by atoms with E-state index in [1.807, 2.05) is 23.1 Å². The van der Waals surface area contributed by atoms with Gasteiger partial charge in [0.2, 0.25) is 5.91 Å². The summed E-state index contributed by atoms with van der Waals surface area (Å²) < 4.78 is 5.78. The molecule has 24 heavy (non-hydrogen) atoms. The first-order valence-corrected chi connectivity index (χ1v) is 8.92. The van der Waals surface area contributed by atoms with Crippen LogP contribution in [0.25, 0.3) is 0 Å². The maximum atomic E-state index is 12.5. The third kappa shape index (κ3) is 2.98. The minimum Gasteiger partial charge on any atom is -0.444 e. The van der Waals surface area contributed by atoms with Crippen molar-refractivity contribution in [3.05, 3.63) is 46.3 Å². The molecule has 1 aliphatic heterocycles. The van der Waals surface area contributed by atoms with Crippen LogP contribution >= 0.6 is 15.9 Å². The van der Waals surface area contributed by atoms with Gasteiger partial charge in [0.1, 0.15) is 0 Å².